The molecule has 0 aliphatic heterocycles. The van der Waals surface area contributed by atoms with Crippen molar-refractivity contribution in [2.24, 2.45) is 0 Å². The fourth-order valence-corrected chi connectivity index (χ4v) is 2.31. The lowest BCUT2D eigenvalue weighted by Crippen LogP contribution is -2.32. The summed E-state index contributed by atoms with van der Waals surface area (Å²) in [4.78, 5) is 0.269. The van der Waals surface area contributed by atoms with Crippen molar-refractivity contribution in [1.29, 1.82) is 0 Å². The lowest BCUT2D eigenvalue weighted by molar-refractivity contribution is 0.293. The molecule has 0 atom stereocenters. The molecule has 1 rings (SSSR count). The van der Waals surface area contributed by atoms with Crippen molar-refractivity contribution in [1.82, 2.24) is 10.0 Å². The summed E-state index contributed by atoms with van der Waals surface area (Å²) < 4.78 is 26.1. The van der Waals surface area contributed by atoms with Crippen molar-refractivity contribution in [3.63, 3.8) is 0 Å². The summed E-state index contributed by atoms with van der Waals surface area (Å²) in [5.74, 6) is 0. The van der Waals surface area contributed by atoms with Gasteiger partial charge in [-0.2, -0.15) is 0 Å². The van der Waals surface area contributed by atoms with Crippen molar-refractivity contribution in [2.45, 2.75) is 11.8 Å². The summed E-state index contributed by atoms with van der Waals surface area (Å²) in [6.07, 6.45) is 0. The summed E-state index contributed by atoms with van der Waals surface area (Å²) in [5, 5.41) is 11.4. The van der Waals surface area contributed by atoms with Crippen LogP contribution in [0.4, 0.5) is 0 Å². The van der Waals surface area contributed by atoms with Crippen LogP contribution in [0.1, 0.15) is 5.56 Å². The van der Waals surface area contributed by atoms with E-state index in [1.54, 1.807) is 24.3 Å². The maximum Gasteiger partial charge on any atom is 0.240 e. The maximum absolute atomic E-state index is 11.8. The molecule has 6 heteroatoms. The smallest absolute Gasteiger partial charge is 0.240 e. The molecule has 0 fully saturated rings. The van der Waals surface area contributed by atoms with Gasteiger partial charge in [0.15, 0.2) is 0 Å². The minimum atomic E-state index is -3.42. The summed E-state index contributed by atoms with van der Waals surface area (Å²) in [6.45, 7) is 3.21. The molecule has 0 aliphatic carbocycles. The van der Waals surface area contributed by atoms with Gasteiger partial charge in [-0.05, 0) is 19.1 Å². The van der Waals surface area contributed by atoms with Gasteiger partial charge in [0.1, 0.15) is 0 Å². The van der Waals surface area contributed by atoms with Gasteiger partial charge in [-0.25, -0.2) is 13.1 Å². The number of nitrogens with one attached hydrogen (secondary N) is 2. The topological polar surface area (TPSA) is 78.4 Å². The molecule has 1 aromatic rings. The van der Waals surface area contributed by atoms with Crippen molar-refractivity contribution in [3.05, 3.63) is 29.8 Å². The monoisotopic (exact) mass is 258 g/mol. The van der Waals surface area contributed by atoms with Crippen molar-refractivity contribution in [2.75, 3.05) is 26.2 Å². The van der Waals surface area contributed by atoms with E-state index in [0.29, 0.717) is 19.6 Å². The van der Waals surface area contributed by atoms with Crippen molar-refractivity contribution in [3.8, 4) is 0 Å². The lowest BCUT2D eigenvalue weighted by Gasteiger charge is -2.07. The molecule has 1 aromatic carbocycles. The molecule has 0 heterocycles. The third kappa shape index (κ3) is 4.82. The van der Waals surface area contributed by atoms with Crippen molar-refractivity contribution >= 4 is 10.0 Å². The Labute approximate surface area is 102 Å². The van der Waals surface area contributed by atoms with Crippen LogP contribution in [0, 0.1) is 6.92 Å². The van der Waals surface area contributed by atoms with Gasteiger partial charge in [-0.15, -0.1) is 0 Å². The largest absolute Gasteiger partial charge is 0.395 e. The lowest BCUT2D eigenvalue weighted by atomic mass is 10.2. The van der Waals surface area contributed by atoms with Gasteiger partial charge in [0.05, 0.1) is 11.5 Å². The average molecular weight is 258 g/mol. The standard InChI is InChI=1S/C11H18N2O3S/c1-10-2-4-11(5-3-10)17(15,16)13-7-6-12-8-9-14/h2-5,12-14H,6-9H2,1H3. The van der Waals surface area contributed by atoms with Crippen LogP contribution in [-0.2, 0) is 10.0 Å². The highest BCUT2D eigenvalue weighted by molar-refractivity contribution is 7.89. The summed E-state index contributed by atoms with van der Waals surface area (Å²) in [5.41, 5.74) is 1.02. The fraction of sp³-hybridized carbons (Fsp3) is 0.455. The Bertz CT molecular complexity index is 429. The SMILES string of the molecule is Cc1ccc(S(=O)(=O)NCCNCCO)cc1. The highest BCUT2D eigenvalue weighted by Gasteiger charge is 2.11. The van der Waals surface area contributed by atoms with E-state index in [9.17, 15) is 8.42 Å². The van der Waals surface area contributed by atoms with E-state index in [-0.39, 0.29) is 11.5 Å². The Morgan fingerprint density at radius 3 is 2.35 bits per heavy atom. The molecule has 17 heavy (non-hydrogen) atoms. The second-order valence-corrected chi connectivity index (χ2v) is 5.45. The number of hydrogen-bond acceptors (Lipinski definition) is 4. The molecule has 0 amide bonds. The van der Waals surface area contributed by atoms with Crippen LogP contribution >= 0.6 is 0 Å². The highest BCUT2D eigenvalue weighted by atomic mass is 32.2. The van der Waals surface area contributed by atoms with E-state index < -0.39 is 10.0 Å². The zero-order valence-electron chi connectivity index (χ0n) is 9.81. The number of rotatable bonds is 7. The van der Waals surface area contributed by atoms with E-state index >= 15 is 0 Å². The van der Waals surface area contributed by atoms with Crippen LogP contribution in [-0.4, -0.2) is 39.8 Å². The molecule has 0 spiro atoms. The Hall–Kier alpha value is -0.950. The zero-order chi connectivity index (χ0) is 12.7. The maximum atomic E-state index is 11.8. The van der Waals surface area contributed by atoms with Gasteiger partial charge < -0.3 is 10.4 Å². The summed E-state index contributed by atoms with van der Waals surface area (Å²) in [6, 6.07) is 6.69. The normalized spacial score (nSPS) is 11.6. The number of aliphatic hydroxyl groups is 1. The summed E-state index contributed by atoms with van der Waals surface area (Å²) >= 11 is 0. The Kier molecular flexibility index (Phi) is 5.57. The molecule has 0 bridgehead atoms. The molecule has 0 aliphatic rings. The van der Waals surface area contributed by atoms with Gasteiger partial charge in [-0.3, -0.25) is 0 Å². The van der Waals surface area contributed by atoms with Crippen LogP contribution in [0.25, 0.3) is 0 Å². The fourth-order valence-electron chi connectivity index (χ4n) is 1.28. The van der Waals surface area contributed by atoms with E-state index in [0.717, 1.165) is 5.56 Å². The molecule has 5 nitrogen and oxygen atoms in total. The first kappa shape index (κ1) is 14.1. The van der Waals surface area contributed by atoms with Crippen molar-refractivity contribution < 1.29 is 13.5 Å². The van der Waals surface area contributed by atoms with Crippen LogP contribution in [0.15, 0.2) is 29.2 Å². The Balaban J connectivity index is 2.48. The third-order valence-electron chi connectivity index (χ3n) is 2.21. The molecule has 0 saturated carbocycles. The van der Waals surface area contributed by atoms with Gasteiger partial charge in [0, 0.05) is 19.6 Å². The third-order valence-corrected chi connectivity index (χ3v) is 3.69. The predicted octanol–water partition coefficient (Wildman–Crippen LogP) is -0.145. The van der Waals surface area contributed by atoms with Gasteiger partial charge in [-0.1, -0.05) is 17.7 Å². The predicted molar refractivity (Wildman–Crippen MR) is 66.3 cm³/mol. The van der Waals surface area contributed by atoms with E-state index in [1.165, 1.54) is 0 Å². The molecular formula is C11H18N2O3S. The van der Waals surface area contributed by atoms with E-state index in [4.69, 9.17) is 5.11 Å². The molecule has 0 saturated heterocycles. The first-order valence-corrected chi connectivity index (χ1v) is 6.92. The Morgan fingerprint density at radius 1 is 1.12 bits per heavy atom. The zero-order valence-corrected chi connectivity index (χ0v) is 10.6. The van der Waals surface area contributed by atoms with Crippen LogP contribution in [0.2, 0.25) is 0 Å². The van der Waals surface area contributed by atoms with E-state index in [2.05, 4.69) is 10.0 Å². The average Bonchev–Trinajstić information content (AvgIpc) is 2.29. The minimum absolute atomic E-state index is 0.0463. The first-order chi connectivity index (χ1) is 8.06. The minimum Gasteiger partial charge on any atom is -0.395 e. The van der Waals surface area contributed by atoms with Crippen LogP contribution in [0.5, 0.6) is 0 Å². The number of benzene rings is 1. The second kappa shape index (κ2) is 6.70. The second-order valence-electron chi connectivity index (χ2n) is 3.68. The number of hydrogen-bond donors (Lipinski definition) is 3. The van der Waals surface area contributed by atoms with Crippen LogP contribution < -0.4 is 10.0 Å². The molecule has 96 valence electrons. The van der Waals surface area contributed by atoms with Gasteiger partial charge >= 0.3 is 0 Å². The number of sulfonamides is 1. The van der Waals surface area contributed by atoms with E-state index in [1.807, 2.05) is 6.92 Å². The first-order valence-electron chi connectivity index (χ1n) is 5.44. The molecule has 0 unspecified atom stereocenters. The Morgan fingerprint density at radius 2 is 1.76 bits per heavy atom. The number of aliphatic hydroxyl groups excluding tert-OH is 1. The molecule has 3 N–H and O–H groups in total. The molecule has 0 radical (unpaired) electrons. The highest BCUT2D eigenvalue weighted by Crippen LogP contribution is 2.09. The van der Waals surface area contributed by atoms with Gasteiger partial charge in [0.25, 0.3) is 0 Å². The summed E-state index contributed by atoms with van der Waals surface area (Å²) in [7, 11) is -3.42. The molecule has 0 aromatic heterocycles. The quantitative estimate of drug-likeness (QED) is 0.595. The number of aryl methyl sites for hydroxylation is 1. The van der Waals surface area contributed by atoms with Crippen LogP contribution in [0.3, 0.4) is 0 Å². The molecular weight excluding hydrogens is 240 g/mol. The van der Waals surface area contributed by atoms with Gasteiger partial charge in [0.2, 0.25) is 10.0 Å².